The van der Waals surface area contributed by atoms with E-state index in [9.17, 15) is 9.59 Å². The first-order chi connectivity index (χ1) is 7.95. The molecule has 0 aliphatic heterocycles. The van der Waals surface area contributed by atoms with Crippen molar-refractivity contribution in [3.8, 4) is 0 Å². The zero-order chi connectivity index (χ0) is 13.0. The predicted molar refractivity (Wildman–Crippen MR) is 66.5 cm³/mol. The van der Waals surface area contributed by atoms with Gasteiger partial charge in [-0.25, -0.2) is 0 Å². The van der Waals surface area contributed by atoms with Crippen molar-refractivity contribution in [1.29, 1.82) is 0 Å². The number of carbonyl (C=O) groups excluding carboxylic acids is 2. The Balaban J connectivity index is 2.82. The maximum atomic E-state index is 11.9. The monoisotopic (exact) mass is 254 g/mol. The van der Waals surface area contributed by atoms with Crippen LogP contribution < -0.4 is 0 Å². The topological polar surface area (TPSA) is 43.4 Å². The van der Waals surface area contributed by atoms with Gasteiger partial charge in [0.15, 0.2) is 5.78 Å². The van der Waals surface area contributed by atoms with Crippen molar-refractivity contribution >= 4 is 23.4 Å². The quantitative estimate of drug-likeness (QED) is 0.613. The summed E-state index contributed by atoms with van der Waals surface area (Å²) in [5.41, 5.74) is 2.52. The van der Waals surface area contributed by atoms with Crippen LogP contribution in [-0.2, 0) is 9.53 Å². The Morgan fingerprint density at radius 1 is 1.18 bits per heavy atom. The molecule has 0 amide bonds. The molecule has 0 unspecified atom stereocenters. The van der Waals surface area contributed by atoms with Crippen LogP contribution in [0.25, 0.3) is 0 Å². The lowest BCUT2D eigenvalue weighted by atomic mass is 10.0. The molecule has 0 heterocycles. The zero-order valence-corrected chi connectivity index (χ0v) is 10.9. The smallest absolute Gasteiger partial charge is 0.305 e. The number of hydrogen-bond donors (Lipinski definition) is 0. The van der Waals surface area contributed by atoms with Crippen molar-refractivity contribution in [1.82, 2.24) is 0 Å². The SMILES string of the molecule is COC(=O)CCC(=O)c1cc(C)c(C)cc1Cl. The maximum absolute atomic E-state index is 11.9. The number of halogens is 1. The molecule has 3 nitrogen and oxygen atoms in total. The number of Topliss-reactive ketones (excluding diaryl/α,β-unsaturated/α-hetero) is 1. The summed E-state index contributed by atoms with van der Waals surface area (Å²) in [5.74, 6) is -0.526. The molecule has 17 heavy (non-hydrogen) atoms. The molecular formula is C13H15ClO3. The minimum Gasteiger partial charge on any atom is -0.469 e. The molecule has 1 aromatic carbocycles. The number of esters is 1. The van der Waals surface area contributed by atoms with Gasteiger partial charge in [-0.15, -0.1) is 0 Å². The number of ketones is 1. The second kappa shape index (κ2) is 5.82. The number of aryl methyl sites for hydroxylation is 2. The van der Waals surface area contributed by atoms with Gasteiger partial charge in [0.2, 0.25) is 0 Å². The molecule has 0 radical (unpaired) electrons. The van der Waals surface area contributed by atoms with Crippen LogP contribution in [0.4, 0.5) is 0 Å². The van der Waals surface area contributed by atoms with E-state index < -0.39 is 5.97 Å². The number of rotatable bonds is 4. The number of ether oxygens (including phenoxy) is 1. The molecule has 1 aromatic rings. The average Bonchev–Trinajstić information content (AvgIpc) is 2.30. The van der Waals surface area contributed by atoms with Gasteiger partial charge >= 0.3 is 5.97 Å². The van der Waals surface area contributed by atoms with E-state index >= 15 is 0 Å². The molecule has 0 aliphatic carbocycles. The molecule has 1 rings (SSSR count). The second-order valence-corrected chi connectivity index (χ2v) is 4.32. The first kappa shape index (κ1) is 13.7. The van der Waals surface area contributed by atoms with E-state index in [2.05, 4.69) is 4.74 Å². The van der Waals surface area contributed by atoms with Gasteiger partial charge in [0.1, 0.15) is 0 Å². The van der Waals surface area contributed by atoms with Crippen molar-refractivity contribution in [3.63, 3.8) is 0 Å². The van der Waals surface area contributed by atoms with Gasteiger partial charge in [-0.05, 0) is 37.1 Å². The third kappa shape index (κ3) is 3.56. The van der Waals surface area contributed by atoms with Gasteiger partial charge in [-0.1, -0.05) is 11.6 Å². The summed E-state index contributed by atoms with van der Waals surface area (Å²) in [6, 6.07) is 3.53. The fraction of sp³-hybridized carbons (Fsp3) is 0.385. The van der Waals surface area contributed by atoms with Gasteiger partial charge in [0.25, 0.3) is 0 Å². The van der Waals surface area contributed by atoms with Gasteiger partial charge in [0, 0.05) is 12.0 Å². The van der Waals surface area contributed by atoms with Crippen molar-refractivity contribution < 1.29 is 14.3 Å². The second-order valence-electron chi connectivity index (χ2n) is 3.92. The first-order valence-corrected chi connectivity index (χ1v) is 5.70. The van der Waals surface area contributed by atoms with E-state index in [1.54, 1.807) is 12.1 Å². The highest BCUT2D eigenvalue weighted by molar-refractivity contribution is 6.34. The fourth-order valence-electron chi connectivity index (χ4n) is 1.45. The third-order valence-corrected chi connectivity index (χ3v) is 2.98. The molecule has 0 saturated carbocycles. The van der Waals surface area contributed by atoms with Gasteiger partial charge < -0.3 is 4.74 Å². The lowest BCUT2D eigenvalue weighted by molar-refractivity contribution is -0.140. The molecule has 92 valence electrons. The Hall–Kier alpha value is -1.35. The number of carbonyl (C=O) groups is 2. The zero-order valence-electron chi connectivity index (χ0n) is 10.2. The van der Waals surface area contributed by atoms with Crippen LogP contribution in [0.15, 0.2) is 12.1 Å². The molecule has 4 heteroatoms. The molecule has 0 atom stereocenters. The molecule has 0 saturated heterocycles. The van der Waals surface area contributed by atoms with Crippen LogP contribution in [0.1, 0.15) is 34.3 Å². The van der Waals surface area contributed by atoms with Crippen LogP contribution in [-0.4, -0.2) is 18.9 Å². The van der Waals surface area contributed by atoms with Crippen molar-refractivity contribution in [2.45, 2.75) is 26.7 Å². The van der Waals surface area contributed by atoms with E-state index in [-0.39, 0.29) is 18.6 Å². The lowest BCUT2D eigenvalue weighted by Crippen LogP contribution is -2.07. The highest BCUT2D eigenvalue weighted by Crippen LogP contribution is 2.22. The molecular weight excluding hydrogens is 240 g/mol. The standard InChI is InChI=1S/C13H15ClO3/c1-8-6-10(11(14)7-9(8)2)12(15)4-5-13(16)17-3/h6-7H,4-5H2,1-3H3. The summed E-state index contributed by atoms with van der Waals surface area (Å²) in [7, 11) is 1.30. The Morgan fingerprint density at radius 2 is 1.76 bits per heavy atom. The molecule has 0 spiro atoms. The molecule has 0 aromatic heterocycles. The summed E-state index contributed by atoms with van der Waals surface area (Å²) in [4.78, 5) is 22.8. The van der Waals surface area contributed by atoms with E-state index in [0.717, 1.165) is 11.1 Å². The number of hydrogen-bond acceptors (Lipinski definition) is 3. The Kier molecular flexibility index (Phi) is 4.70. The number of benzene rings is 1. The Labute approximate surface area is 106 Å². The number of methoxy groups -OCH3 is 1. The third-order valence-electron chi connectivity index (χ3n) is 2.67. The average molecular weight is 255 g/mol. The Morgan fingerprint density at radius 3 is 2.35 bits per heavy atom. The summed E-state index contributed by atoms with van der Waals surface area (Å²) >= 11 is 6.01. The van der Waals surface area contributed by atoms with Crippen molar-refractivity contribution in [3.05, 3.63) is 33.8 Å². The highest BCUT2D eigenvalue weighted by Gasteiger charge is 2.13. The largest absolute Gasteiger partial charge is 0.469 e. The van der Waals surface area contributed by atoms with E-state index in [1.807, 2.05) is 13.8 Å². The van der Waals surface area contributed by atoms with Crippen LogP contribution >= 0.6 is 11.6 Å². The molecule has 0 aliphatic rings. The minimum atomic E-state index is -0.390. The van der Waals surface area contributed by atoms with E-state index in [4.69, 9.17) is 11.6 Å². The van der Waals surface area contributed by atoms with Crippen LogP contribution in [0.2, 0.25) is 5.02 Å². The van der Waals surface area contributed by atoms with Crippen LogP contribution in [0, 0.1) is 13.8 Å². The van der Waals surface area contributed by atoms with E-state index in [1.165, 1.54) is 7.11 Å². The predicted octanol–water partition coefficient (Wildman–Crippen LogP) is 3.09. The molecule has 0 N–H and O–H groups in total. The summed E-state index contributed by atoms with van der Waals surface area (Å²) in [6.45, 7) is 3.85. The normalized spacial score (nSPS) is 10.1. The van der Waals surface area contributed by atoms with Crippen molar-refractivity contribution in [2.24, 2.45) is 0 Å². The van der Waals surface area contributed by atoms with Crippen LogP contribution in [0.3, 0.4) is 0 Å². The fourth-order valence-corrected chi connectivity index (χ4v) is 1.77. The highest BCUT2D eigenvalue weighted by atomic mass is 35.5. The van der Waals surface area contributed by atoms with E-state index in [0.29, 0.717) is 10.6 Å². The van der Waals surface area contributed by atoms with Gasteiger partial charge in [0.05, 0.1) is 18.6 Å². The summed E-state index contributed by atoms with van der Waals surface area (Å²) in [6.07, 6.45) is 0.202. The maximum Gasteiger partial charge on any atom is 0.305 e. The lowest BCUT2D eigenvalue weighted by Gasteiger charge is -2.07. The van der Waals surface area contributed by atoms with Crippen LogP contribution in [0.5, 0.6) is 0 Å². The van der Waals surface area contributed by atoms with Crippen molar-refractivity contribution in [2.75, 3.05) is 7.11 Å². The first-order valence-electron chi connectivity index (χ1n) is 5.32. The minimum absolute atomic E-state index is 0.0819. The molecule has 0 bridgehead atoms. The summed E-state index contributed by atoms with van der Waals surface area (Å²) in [5, 5.41) is 0.433. The molecule has 0 fully saturated rings. The summed E-state index contributed by atoms with van der Waals surface area (Å²) < 4.78 is 4.49. The van der Waals surface area contributed by atoms with Gasteiger partial charge in [-0.2, -0.15) is 0 Å². The van der Waals surface area contributed by atoms with Gasteiger partial charge in [-0.3, -0.25) is 9.59 Å². The Bertz CT molecular complexity index is 452.